The van der Waals surface area contributed by atoms with Crippen LogP contribution < -0.4 is 0 Å². The molecule has 2 heterocycles. The second kappa shape index (κ2) is 11.9. The molecule has 218 valence electrons. The number of rotatable bonds is 5. The van der Waals surface area contributed by atoms with Gasteiger partial charge in [0.2, 0.25) is 0 Å². The van der Waals surface area contributed by atoms with Crippen molar-refractivity contribution in [2.24, 2.45) is 0 Å². The summed E-state index contributed by atoms with van der Waals surface area (Å²) in [6.45, 7) is 4.72. The molecule has 0 aliphatic carbocycles. The minimum Gasteiger partial charge on any atom is -0.338 e. The number of benzene rings is 3. The van der Waals surface area contributed by atoms with Crippen LogP contribution in [0.3, 0.4) is 0 Å². The summed E-state index contributed by atoms with van der Waals surface area (Å²) in [6.07, 6.45) is -9.47. The molecule has 4 nitrogen and oxygen atoms in total. The van der Waals surface area contributed by atoms with E-state index < -0.39 is 35.0 Å². The van der Waals surface area contributed by atoms with Crippen molar-refractivity contribution < 1.29 is 31.1 Å². The summed E-state index contributed by atoms with van der Waals surface area (Å²) in [5, 5.41) is 0. The molecule has 3 aromatic rings. The Morgan fingerprint density at radius 3 is 1.85 bits per heavy atom. The van der Waals surface area contributed by atoms with E-state index in [4.69, 9.17) is 0 Å². The molecular weight excluding hydrogens is 544 g/mol. The molecule has 1 amide bonds. The lowest BCUT2D eigenvalue weighted by atomic mass is 9.84. The number of piperazine rings is 1. The highest BCUT2D eigenvalue weighted by atomic mass is 19.4. The van der Waals surface area contributed by atoms with E-state index in [-0.39, 0.29) is 31.1 Å². The Kier molecular flexibility index (Phi) is 8.42. The van der Waals surface area contributed by atoms with Gasteiger partial charge in [0, 0.05) is 63.3 Å². The smallest absolute Gasteiger partial charge is 0.338 e. The van der Waals surface area contributed by atoms with Crippen molar-refractivity contribution in [3.05, 3.63) is 107 Å². The summed E-state index contributed by atoms with van der Waals surface area (Å²) in [7, 11) is 0. The molecule has 0 N–H and O–H groups in total. The van der Waals surface area contributed by atoms with E-state index in [9.17, 15) is 31.1 Å². The molecular formula is C31H31F6N3O. The number of likely N-dealkylation sites (tertiary alicyclic amines) is 1. The third-order valence-corrected chi connectivity index (χ3v) is 8.05. The molecule has 2 fully saturated rings. The Morgan fingerprint density at radius 1 is 0.732 bits per heavy atom. The van der Waals surface area contributed by atoms with Gasteiger partial charge in [-0.1, -0.05) is 60.7 Å². The molecule has 10 heteroatoms. The van der Waals surface area contributed by atoms with Crippen LogP contribution in [0.25, 0.3) is 0 Å². The minimum atomic E-state index is -5.02. The molecule has 2 aliphatic rings. The normalized spacial score (nSPS) is 21.2. The van der Waals surface area contributed by atoms with Crippen LogP contribution in [0.1, 0.15) is 45.0 Å². The van der Waals surface area contributed by atoms with Crippen LogP contribution in [0, 0.1) is 0 Å². The molecule has 0 spiro atoms. The van der Waals surface area contributed by atoms with Gasteiger partial charge < -0.3 is 4.90 Å². The van der Waals surface area contributed by atoms with Gasteiger partial charge in [0.25, 0.3) is 5.91 Å². The van der Waals surface area contributed by atoms with E-state index in [0.29, 0.717) is 18.6 Å². The van der Waals surface area contributed by atoms with Crippen LogP contribution in [0.4, 0.5) is 26.3 Å². The van der Waals surface area contributed by atoms with Gasteiger partial charge in [0.05, 0.1) is 11.1 Å². The van der Waals surface area contributed by atoms with E-state index >= 15 is 0 Å². The lowest BCUT2D eigenvalue weighted by Gasteiger charge is -2.47. The van der Waals surface area contributed by atoms with E-state index in [0.717, 1.165) is 38.3 Å². The summed E-state index contributed by atoms with van der Waals surface area (Å²) in [6, 6.07) is 21.0. The van der Waals surface area contributed by atoms with E-state index in [1.165, 1.54) is 10.5 Å². The van der Waals surface area contributed by atoms with Crippen LogP contribution in [-0.4, -0.2) is 65.9 Å². The number of carbonyl (C=O) groups excluding carboxylic acids is 1. The standard InChI is InChI=1S/C31H31F6N3O/c32-30(33,34)25-17-24(18-26(19-25)31(35,36)37)29(41)40-12-11-28(27(21-40)23-9-5-2-6-10-23)39-15-13-38(14-16-39)20-22-7-3-1-4-8-22/h1-10,17-19,27-28H,11-16,20-21H2/t27-,28-/m1/s1. The van der Waals surface area contributed by atoms with Crippen LogP contribution in [-0.2, 0) is 18.9 Å². The predicted octanol–water partition coefficient (Wildman–Crippen LogP) is 6.54. The maximum absolute atomic E-state index is 13.4. The van der Waals surface area contributed by atoms with Crippen LogP contribution in [0.15, 0.2) is 78.9 Å². The largest absolute Gasteiger partial charge is 0.416 e. The van der Waals surface area contributed by atoms with Gasteiger partial charge in [-0.3, -0.25) is 14.6 Å². The Morgan fingerprint density at radius 2 is 1.29 bits per heavy atom. The lowest BCUT2D eigenvalue weighted by molar-refractivity contribution is -0.143. The number of halogens is 6. The molecule has 3 aromatic carbocycles. The van der Waals surface area contributed by atoms with Gasteiger partial charge in [-0.05, 0) is 35.7 Å². The first-order valence-corrected chi connectivity index (χ1v) is 13.6. The molecule has 2 saturated heterocycles. The number of hydrogen-bond acceptors (Lipinski definition) is 3. The fraction of sp³-hybridized carbons (Fsp3) is 0.387. The van der Waals surface area contributed by atoms with E-state index in [2.05, 4.69) is 21.9 Å². The Labute approximate surface area is 235 Å². The minimum absolute atomic E-state index is 0.0488. The fourth-order valence-electron chi connectivity index (χ4n) is 5.94. The van der Waals surface area contributed by atoms with Crippen molar-refractivity contribution in [1.29, 1.82) is 0 Å². The zero-order chi connectivity index (χ0) is 29.2. The number of nitrogens with zero attached hydrogens (tertiary/aromatic N) is 3. The van der Waals surface area contributed by atoms with Crippen molar-refractivity contribution in [3.8, 4) is 0 Å². The highest BCUT2D eigenvalue weighted by molar-refractivity contribution is 5.95. The van der Waals surface area contributed by atoms with Gasteiger partial charge in [0.15, 0.2) is 0 Å². The molecule has 0 aromatic heterocycles. The Hall–Kier alpha value is -3.37. The first kappa shape index (κ1) is 29.1. The van der Waals surface area contributed by atoms with E-state index in [1.54, 1.807) is 0 Å². The Balaban J connectivity index is 1.34. The van der Waals surface area contributed by atoms with Crippen molar-refractivity contribution in [1.82, 2.24) is 14.7 Å². The summed E-state index contributed by atoms with van der Waals surface area (Å²) < 4.78 is 80.6. The van der Waals surface area contributed by atoms with Gasteiger partial charge >= 0.3 is 12.4 Å². The third kappa shape index (κ3) is 6.93. The van der Waals surface area contributed by atoms with Crippen molar-refractivity contribution in [3.63, 3.8) is 0 Å². The zero-order valence-corrected chi connectivity index (χ0v) is 22.3. The first-order valence-electron chi connectivity index (χ1n) is 13.6. The molecule has 2 atom stereocenters. The van der Waals surface area contributed by atoms with Crippen molar-refractivity contribution in [2.45, 2.75) is 37.3 Å². The van der Waals surface area contributed by atoms with Gasteiger partial charge in [0.1, 0.15) is 0 Å². The number of carbonyl (C=O) groups is 1. The topological polar surface area (TPSA) is 26.8 Å². The quantitative estimate of drug-likeness (QED) is 0.324. The number of piperidine rings is 1. The predicted molar refractivity (Wildman–Crippen MR) is 143 cm³/mol. The molecule has 0 radical (unpaired) electrons. The second-order valence-electron chi connectivity index (χ2n) is 10.7. The zero-order valence-electron chi connectivity index (χ0n) is 22.3. The highest BCUT2D eigenvalue weighted by Crippen LogP contribution is 2.38. The first-order chi connectivity index (χ1) is 19.5. The monoisotopic (exact) mass is 575 g/mol. The van der Waals surface area contributed by atoms with Crippen LogP contribution >= 0.6 is 0 Å². The molecule has 41 heavy (non-hydrogen) atoms. The molecule has 0 bridgehead atoms. The maximum Gasteiger partial charge on any atom is 0.416 e. The maximum atomic E-state index is 13.4. The van der Waals surface area contributed by atoms with Crippen molar-refractivity contribution >= 4 is 5.91 Å². The lowest BCUT2D eigenvalue weighted by Crippen LogP contribution is -2.56. The highest BCUT2D eigenvalue weighted by Gasteiger charge is 2.40. The number of hydrogen-bond donors (Lipinski definition) is 0. The van der Waals surface area contributed by atoms with Gasteiger partial charge in [-0.2, -0.15) is 26.3 Å². The van der Waals surface area contributed by atoms with Gasteiger partial charge in [-0.15, -0.1) is 0 Å². The summed E-state index contributed by atoms with van der Waals surface area (Å²) in [4.78, 5) is 19.6. The average molecular weight is 576 g/mol. The number of alkyl halides is 6. The van der Waals surface area contributed by atoms with Crippen LogP contribution in [0.2, 0.25) is 0 Å². The average Bonchev–Trinajstić information content (AvgIpc) is 2.97. The number of amides is 1. The molecule has 2 aliphatic heterocycles. The summed E-state index contributed by atoms with van der Waals surface area (Å²) >= 11 is 0. The molecule has 5 rings (SSSR count). The second-order valence-corrected chi connectivity index (χ2v) is 10.7. The fourth-order valence-corrected chi connectivity index (χ4v) is 5.94. The Bertz CT molecular complexity index is 1290. The third-order valence-electron chi connectivity index (χ3n) is 8.05. The SMILES string of the molecule is O=C(c1cc(C(F)(F)F)cc(C(F)(F)F)c1)N1CC[C@@H](N2CCN(Cc3ccccc3)CC2)[C@@H](c2ccccc2)C1. The molecule has 0 saturated carbocycles. The molecule has 0 unspecified atom stereocenters. The van der Waals surface area contributed by atoms with E-state index in [1.807, 2.05) is 48.5 Å². The summed E-state index contributed by atoms with van der Waals surface area (Å²) in [5.74, 6) is -0.962. The van der Waals surface area contributed by atoms with Crippen molar-refractivity contribution in [2.75, 3.05) is 39.3 Å². The van der Waals surface area contributed by atoms with Crippen LogP contribution in [0.5, 0.6) is 0 Å². The summed E-state index contributed by atoms with van der Waals surface area (Å²) in [5.41, 5.74) is -1.34. The van der Waals surface area contributed by atoms with Gasteiger partial charge in [-0.25, -0.2) is 0 Å².